The highest BCUT2D eigenvalue weighted by Gasteiger charge is 2.46. The van der Waals surface area contributed by atoms with Crippen LogP contribution in [0, 0.1) is 0 Å². The van der Waals surface area contributed by atoms with E-state index in [9.17, 15) is 18.7 Å². The summed E-state index contributed by atoms with van der Waals surface area (Å²) in [5, 5.41) is 18.3. The van der Waals surface area contributed by atoms with Crippen LogP contribution in [-0.2, 0) is 47.6 Å². The minimum Gasteiger partial charge on any atom is -1.00 e. The van der Waals surface area contributed by atoms with Crippen molar-refractivity contribution in [3.63, 3.8) is 0 Å². The monoisotopic (exact) mass is 950 g/mol. The summed E-state index contributed by atoms with van der Waals surface area (Å²) in [5.41, 5.74) is 6.45. The van der Waals surface area contributed by atoms with E-state index >= 15 is 0 Å². The standard InChI is InChI=1S/C20H30NO5P.C14H17NO2.C6H14BrO3P.BrH/c1-5-25-27(24,26-6-2)15-14-21-16(3)20(4,13-9-12-19(22)23)17-10-7-8-11-18(17)21;1-10-14(2,9-5-8-13(16)17)11-6-3-4-7-12(11)15-10;1-3-9-11(8,6-5-7)10-4-2;/h7-8,10-11H,5-6,9,12-15H2,1-4H3;3-4,6-7H,5,8-9H2,1-2H3,(H,16,17);3-6H2,1-2H3;1H. The summed E-state index contributed by atoms with van der Waals surface area (Å²) in [7, 11) is -5.89. The van der Waals surface area contributed by atoms with E-state index in [1.807, 2.05) is 51.1 Å². The first kappa shape index (κ1) is 52.0. The van der Waals surface area contributed by atoms with E-state index in [1.54, 1.807) is 13.8 Å². The van der Waals surface area contributed by atoms with Gasteiger partial charge in [-0.1, -0.05) is 59.3 Å². The topological polar surface area (TPSA) is 161 Å². The zero-order valence-electron chi connectivity index (χ0n) is 34.2. The van der Waals surface area contributed by atoms with Gasteiger partial charge in [0, 0.05) is 47.9 Å². The summed E-state index contributed by atoms with van der Waals surface area (Å²) in [6, 6.07) is 16.3. The van der Waals surface area contributed by atoms with Crippen LogP contribution >= 0.6 is 31.1 Å². The highest BCUT2D eigenvalue weighted by atomic mass is 79.9. The number of para-hydroxylation sites is 2. The third kappa shape index (κ3) is 14.7. The fourth-order valence-electron chi connectivity index (χ4n) is 6.94. The molecule has 0 saturated heterocycles. The SMILES string of the molecule is CC1=Nc2ccccc2C1(C)CCCC(=O)O.CCOP(=O)(CCBr)OCC.CCOP(=O)(CC[N+]1=C(C)C(C)(CCCC(=O)O)c2ccccc21)OCC.[Br-]. The van der Waals surface area contributed by atoms with Crippen molar-refractivity contribution >= 4 is 65.9 Å². The second-order valence-electron chi connectivity index (χ2n) is 13.7. The molecule has 2 aromatic rings. The largest absolute Gasteiger partial charge is 1.00 e. The highest BCUT2D eigenvalue weighted by molar-refractivity contribution is 9.09. The molecule has 56 heavy (non-hydrogen) atoms. The van der Waals surface area contributed by atoms with E-state index in [0.29, 0.717) is 63.5 Å². The second kappa shape index (κ2) is 24.8. The summed E-state index contributed by atoms with van der Waals surface area (Å²) in [6.07, 6.45) is 4.04. The molecule has 0 bridgehead atoms. The first-order chi connectivity index (χ1) is 26.0. The van der Waals surface area contributed by atoms with Gasteiger partial charge in [0.2, 0.25) is 5.69 Å². The zero-order chi connectivity index (χ0) is 41.3. The number of benzene rings is 2. The van der Waals surface area contributed by atoms with Crippen molar-refractivity contribution in [1.82, 2.24) is 0 Å². The van der Waals surface area contributed by atoms with Crippen molar-refractivity contribution < 1.29 is 68.6 Å². The van der Waals surface area contributed by atoms with Crippen LogP contribution in [0.15, 0.2) is 53.5 Å². The number of carboxylic acid groups (broad SMARTS) is 2. The highest BCUT2D eigenvalue weighted by Crippen LogP contribution is 2.50. The molecule has 2 N–H and O–H groups in total. The minimum atomic E-state index is -3.12. The van der Waals surface area contributed by atoms with Gasteiger partial charge in [-0.2, -0.15) is 4.58 Å². The molecule has 2 unspecified atom stereocenters. The first-order valence-corrected chi connectivity index (χ1v) is 23.7. The Labute approximate surface area is 352 Å². The second-order valence-corrected chi connectivity index (χ2v) is 18.8. The van der Waals surface area contributed by atoms with Crippen molar-refractivity contribution in [3.8, 4) is 0 Å². The van der Waals surface area contributed by atoms with Crippen molar-refractivity contribution in [3.05, 3.63) is 59.7 Å². The Bertz CT molecular complexity index is 1710. The Morgan fingerprint density at radius 2 is 1.18 bits per heavy atom. The van der Waals surface area contributed by atoms with E-state index in [0.717, 1.165) is 35.6 Å². The smallest absolute Gasteiger partial charge is 0.337 e. The molecular weight excluding hydrogens is 890 g/mol. The number of halogens is 2. The third-order valence-electron chi connectivity index (χ3n) is 9.97. The van der Waals surface area contributed by atoms with Gasteiger partial charge in [-0.25, -0.2) is 0 Å². The van der Waals surface area contributed by atoms with Crippen LogP contribution in [0.3, 0.4) is 0 Å². The van der Waals surface area contributed by atoms with Gasteiger partial charge in [-0.05, 0) is 78.9 Å². The molecule has 12 nitrogen and oxygen atoms in total. The van der Waals surface area contributed by atoms with Gasteiger partial charge < -0.3 is 45.3 Å². The molecule has 0 aliphatic carbocycles. The van der Waals surface area contributed by atoms with Crippen LogP contribution in [0.25, 0.3) is 0 Å². The quantitative estimate of drug-likeness (QED) is 0.0727. The van der Waals surface area contributed by atoms with E-state index < -0.39 is 27.1 Å². The number of aliphatic carboxylic acids is 2. The van der Waals surface area contributed by atoms with Gasteiger partial charge in [0.05, 0.1) is 43.7 Å². The number of alkyl halides is 1. The fourth-order valence-corrected chi connectivity index (χ4v) is 11.1. The molecule has 2 atom stereocenters. The average Bonchev–Trinajstić information content (AvgIpc) is 3.49. The lowest BCUT2D eigenvalue weighted by atomic mass is 9.76. The predicted octanol–water partition coefficient (Wildman–Crippen LogP) is 7.54. The summed E-state index contributed by atoms with van der Waals surface area (Å²) >= 11 is 3.19. The molecule has 2 aromatic carbocycles. The normalized spacial score (nSPS) is 18.4. The fraction of sp³-hybridized carbons (Fsp3) is 0.600. The van der Waals surface area contributed by atoms with Gasteiger partial charge in [-0.15, -0.1) is 0 Å². The number of hydrogen-bond acceptors (Lipinski definition) is 9. The lowest BCUT2D eigenvalue weighted by molar-refractivity contribution is -0.433. The van der Waals surface area contributed by atoms with Crippen LogP contribution in [0.4, 0.5) is 11.4 Å². The predicted molar refractivity (Wildman–Crippen MR) is 224 cm³/mol. The molecule has 4 rings (SSSR count). The van der Waals surface area contributed by atoms with Gasteiger partial charge in [0.1, 0.15) is 6.16 Å². The van der Waals surface area contributed by atoms with Gasteiger partial charge in [0.25, 0.3) is 0 Å². The third-order valence-corrected chi connectivity index (χ3v) is 15.1. The zero-order valence-corrected chi connectivity index (χ0v) is 39.2. The van der Waals surface area contributed by atoms with E-state index in [1.165, 1.54) is 11.1 Å². The number of carbonyl (C=O) groups is 2. The maximum Gasteiger partial charge on any atom is 0.337 e. The molecule has 2 aliphatic rings. The van der Waals surface area contributed by atoms with Crippen molar-refractivity contribution in [2.75, 3.05) is 50.6 Å². The number of hydrogen-bond donors (Lipinski definition) is 2. The molecule has 2 heterocycles. The average molecular weight is 953 g/mol. The Morgan fingerprint density at radius 1 is 0.732 bits per heavy atom. The molecule has 0 saturated carbocycles. The molecule has 0 spiro atoms. The number of rotatable bonds is 21. The lowest BCUT2D eigenvalue weighted by Crippen LogP contribution is -3.00. The molecule has 0 amide bonds. The van der Waals surface area contributed by atoms with Crippen LogP contribution in [0.2, 0.25) is 0 Å². The van der Waals surface area contributed by atoms with Crippen LogP contribution in [0.1, 0.15) is 105 Å². The Hall–Kier alpha value is -2.02. The molecule has 0 radical (unpaired) electrons. The maximum atomic E-state index is 12.9. The van der Waals surface area contributed by atoms with Gasteiger partial charge in [0.15, 0.2) is 12.3 Å². The molecular formula is C40H62Br2N2O10P2. The van der Waals surface area contributed by atoms with Crippen LogP contribution in [-0.4, -0.2) is 88.8 Å². The Kier molecular flexibility index (Phi) is 23.0. The molecule has 0 aromatic heterocycles. The molecule has 316 valence electrons. The van der Waals surface area contributed by atoms with Crippen molar-refractivity contribution in [2.24, 2.45) is 4.99 Å². The van der Waals surface area contributed by atoms with E-state index in [4.69, 9.17) is 28.3 Å². The van der Waals surface area contributed by atoms with Crippen LogP contribution < -0.4 is 17.0 Å². The molecule has 0 fully saturated rings. The lowest BCUT2D eigenvalue weighted by Gasteiger charge is -2.25. The molecule has 2 aliphatic heterocycles. The summed E-state index contributed by atoms with van der Waals surface area (Å²) in [6.45, 7) is 17.8. The maximum absolute atomic E-state index is 12.9. The van der Waals surface area contributed by atoms with Crippen molar-refractivity contribution in [2.45, 2.75) is 105 Å². The van der Waals surface area contributed by atoms with Crippen molar-refractivity contribution in [1.29, 1.82) is 0 Å². The van der Waals surface area contributed by atoms with Gasteiger partial charge in [-0.3, -0.25) is 23.7 Å². The Balaban J connectivity index is 0.000000462. The minimum absolute atomic E-state index is 0. The first-order valence-electron chi connectivity index (χ1n) is 19.1. The number of nitrogens with zero attached hydrogens (tertiary/aromatic N) is 2. The van der Waals surface area contributed by atoms with Crippen LogP contribution in [0.5, 0.6) is 0 Å². The number of aliphatic imine (C=N–C) groups is 1. The number of fused-ring (bicyclic) bond motifs is 2. The summed E-state index contributed by atoms with van der Waals surface area (Å²) in [4.78, 5) is 26.1. The van der Waals surface area contributed by atoms with Gasteiger partial charge >= 0.3 is 27.1 Å². The number of carboxylic acids is 2. The Morgan fingerprint density at radius 3 is 1.66 bits per heavy atom. The van der Waals surface area contributed by atoms with E-state index in [2.05, 4.69) is 64.5 Å². The summed E-state index contributed by atoms with van der Waals surface area (Å²) in [5.74, 6) is -1.50. The molecule has 16 heteroatoms. The summed E-state index contributed by atoms with van der Waals surface area (Å²) < 4.78 is 47.5. The van der Waals surface area contributed by atoms with E-state index in [-0.39, 0.29) is 40.7 Å².